The van der Waals surface area contributed by atoms with Crippen molar-refractivity contribution in [2.75, 3.05) is 11.1 Å². The van der Waals surface area contributed by atoms with Crippen molar-refractivity contribution in [1.82, 2.24) is 0 Å². The van der Waals surface area contributed by atoms with Gasteiger partial charge in [-0.05, 0) is 49.7 Å². The van der Waals surface area contributed by atoms with Crippen LogP contribution in [0.2, 0.25) is 5.02 Å². The van der Waals surface area contributed by atoms with Gasteiger partial charge in [-0.1, -0.05) is 17.7 Å². The number of nitrogens with two attached hydrogens (primary N) is 1. The van der Waals surface area contributed by atoms with Gasteiger partial charge in [0.1, 0.15) is 5.82 Å². The Labute approximate surface area is 143 Å². The molecular formula is C17H16ClFN2O3. The van der Waals surface area contributed by atoms with E-state index in [0.717, 1.165) is 12.1 Å². The second-order valence-electron chi connectivity index (χ2n) is 5.18. The number of ether oxygens (including phenoxy) is 1. The third-order valence-electron chi connectivity index (χ3n) is 3.41. The van der Waals surface area contributed by atoms with Crippen LogP contribution in [-0.2, 0) is 9.53 Å². The van der Waals surface area contributed by atoms with Gasteiger partial charge < -0.3 is 15.8 Å². The van der Waals surface area contributed by atoms with Crippen LogP contribution in [0.1, 0.15) is 22.8 Å². The van der Waals surface area contributed by atoms with Crippen molar-refractivity contribution in [3.05, 3.63) is 58.4 Å². The normalized spacial score (nSPS) is 11.7. The average Bonchev–Trinajstić information content (AvgIpc) is 2.51. The Morgan fingerprint density at radius 3 is 2.67 bits per heavy atom. The molecule has 0 heterocycles. The Hall–Kier alpha value is -2.60. The molecule has 2 rings (SSSR count). The molecule has 1 atom stereocenters. The van der Waals surface area contributed by atoms with E-state index in [0.29, 0.717) is 16.3 Å². The molecule has 0 unspecified atom stereocenters. The van der Waals surface area contributed by atoms with Crippen LogP contribution in [0.4, 0.5) is 15.8 Å². The van der Waals surface area contributed by atoms with E-state index in [1.54, 1.807) is 25.1 Å². The summed E-state index contributed by atoms with van der Waals surface area (Å²) in [4.78, 5) is 24.2. The van der Waals surface area contributed by atoms with Gasteiger partial charge in [-0.15, -0.1) is 0 Å². The molecular weight excluding hydrogens is 335 g/mol. The predicted molar refractivity (Wildman–Crippen MR) is 90.5 cm³/mol. The van der Waals surface area contributed by atoms with E-state index in [-0.39, 0.29) is 11.3 Å². The van der Waals surface area contributed by atoms with Gasteiger partial charge in [0.05, 0.1) is 5.56 Å². The summed E-state index contributed by atoms with van der Waals surface area (Å²) >= 11 is 5.99. The first-order valence-corrected chi connectivity index (χ1v) is 7.49. The molecule has 0 aliphatic carbocycles. The number of carbonyl (C=O) groups excluding carboxylic acids is 2. The Kier molecular flexibility index (Phi) is 5.41. The van der Waals surface area contributed by atoms with Crippen molar-refractivity contribution in [1.29, 1.82) is 0 Å². The zero-order chi connectivity index (χ0) is 17.9. The van der Waals surface area contributed by atoms with Crippen molar-refractivity contribution in [3.8, 4) is 0 Å². The van der Waals surface area contributed by atoms with Gasteiger partial charge in [0, 0.05) is 16.4 Å². The van der Waals surface area contributed by atoms with Gasteiger partial charge in [-0.3, -0.25) is 4.79 Å². The fourth-order valence-corrected chi connectivity index (χ4v) is 2.15. The second kappa shape index (κ2) is 7.31. The quantitative estimate of drug-likeness (QED) is 0.652. The van der Waals surface area contributed by atoms with E-state index in [4.69, 9.17) is 22.1 Å². The molecule has 3 N–H and O–H groups in total. The zero-order valence-corrected chi connectivity index (χ0v) is 13.9. The number of halogens is 2. The summed E-state index contributed by atoms with van der Waals surface area (Å²) in [5, 5.41) is 3.15. The SMILES string of the molecule is Cc1c(Cl)cccc1NC(=O)[C@@H](C)OC(=O)c1ccc(F)cc1N. The average molecular weight is 351 g/mol. The summed E-state index contributed by atoms with van der Waals surface area (Å²) in [6.07, 6.45) is -1.07. The van der Waals surface area contributed by atoms with Crippen LogP contribution >= 0.6 is 11.6 Å². The van der Waals surface area contributed by atoms with Crippen molar-refractivity contribution in [2.45, 2.75) is 20.0 Å². The number of hydrogen-bond acceptors (Lipinski definition) is 4. The third kappa shape index (κ3) is 4.02. The van der Waals surface area contributed by atoms with Crippen LogP contribution in [0.25, 0.3) is 0 Å². The lowest BCUT2D eigenvalue weighted by molar-refractivity contribution is -0.123. The predicted octanol–water partition coefficient (Wildman–Crippen LogP) is 3.55. The third-order valence-corrected chi connectivity index (χ3v) is 3.82. The molecule has 0 saturated carbocycles. The minimum Gasteiger partial charge on any atom is -0.449 e. The summed E-state index contributed by atoms with van der Waals surface area (Å²) in [6, 6.07) is 8.39. The summed E-state index contributed by atoms with van der Waals surface area (Å²) in [6.45, 7) is 3.18. The summed E-state index contributed by atoms with van der Waals surface area (Å²) in [5.41, 5.74) is 6.74. The molecule has 0 aromatic heterocycles. The fraction of sp³-hybridized carbons (Fsp3) is 0.176. The van der Waals surface area contributed by atoms with Crippen molar-refractivity contribution < 1.29 is 18.7 Å². The highest BCUT2D eigenvalue weighted by Crippen LogP contribution is 2.23. The molecule has 1 amide bonds. The number of nitrogens with one attached hydrogen (secondary N) is 1. The van der Waals surface area contributed by atoms with Gasteiger partial charge >= 0.3 is 5.97 Å². The highest BCUT2D eigenvalue weighted by atomic mass is 35.5. The first kappa shape index (κ1) is 17.7. The number of nitrogen functional groups attached to an aromatic ring is 1. The lowest BCUT2D eigenvalue weighted by Crippen LogP contribution is -2.30. The lowest BCUT2D eigenvalue weighted by atomic mass is 10.2. The minimum absolute atomic E-state index is 0.00464. The smallest absolute Gasteiger partial charge is 0.341 e. The van der Waals surface area contributed by atoms with Crippen LogP contribution in [-0.4, -0.2) is 18.0 Å². The van der Waals surface area contributed by atoms with E-state index in [1.807, 2.05) is 0 Å². The number of hydrogen-bond donors (Lipinski definition) is 2. The van der Waals surface area contributed by atoms with Crippen LogP contribution in [0, 0.1) is 12.7 Å². The molecule has 2 aromatic carbocycles. The molecule has 0 bridgehead atoms. The number of rotatable bonds is 4. The minimum atomic E-state index is -1.07. The Bertz CT molecular complexity index is 795. The molecule has 2 aromatic rings. The number of benzene rings is 2. The number of anilines is 2. The number of amides is 1. The van der Waals surface area contributed by atoms with Gasteiger partial charge in [-0.25, -0.2) is 9.18 Å². The molecule has 0 fully saturated rings. The van der Waals surface area contributed by atoms with Crippen molar-refractivity contribution in [2.24, 2.45) is 0 Å². The lowest BCUT2D eigenvalue weighted by Gasteiger charge is -2.15. The standard InChI is InChI=1S/C17H16ClFN2O3/c1-9-13(18)4-3-5-15(9)21-16(22)10(2)24-17(23)12-7-6-11(19)8-14(12)20/h3-8,10H,20H2,1-2H3,(H,21,22)/t10-/m1/s1. The van der Waals surface area contributed by atoms with Crippen molar-refractivity contribution >= 4 is 34.9 Å². The first-order chi connectivity index (χ1) is 11.3. The van der Waals surface area contributed by atoms with E-state index >= 15 is 0 Å². The summed E-state index contributed by atoms with van der Waals surface area (Å²) < 4.78 is 18.1. The molecule has 0 aliphatic heterocycles. The summed E-state index contributed by atoms with van der Waals surface area (Å²) in [5.74, 6) is -1.89. The van der Waals surface area contributed by atoms with Gasteiger partial charge in [0.2, 0.25) is 0 Å². The van der Waals surface area contributed by atoms with Crippen LogP contribution in [0.3, 0.4) is 0 Å². The monoisotopic (exact) mass is 350 g/mol. The summed E-state index contributed by atoms with van der Waals surface area (Å²) in [7, 11) is 0. The Balaban J connectivity index is 2.06. The Morgan fingerprint density at radius 2 is 2.00 bits per heavy atom. The van der Waals surface area contributed by atoms with E-state index in [9.17, 15) is 14.0 Å². The Morgan fingerprint density at radius 1 is 1.29 bits per heavy atom. The largest absolute Gasteiger partial charge is 0.449 e. The molecule has 7 heteroatoms. The maximum absolute atomic E-state index is 13.0. The topological polar surface area (TPSA) is 81.4 Å². The first-order valence-electron chi connectivity index (χ1n) is 7.11. The molecule has 0 aliphatic rings. The molecule has 0 radical (unpaired) electrons. The fourth-order valence-electron chi connectivity index (χ4n) is 1.97. The molecule has 0 saturated heterocycles. The highest BCUT2D eigenvalue weighted by Gasteiger charge is 2.21. The van der Waals surface area contributed by atoms with E-state index < -0.39 is 23.8 Å². The molecule has 0 spiro atoms. The van der Waals surface area contributed by atoms with E-state index in [2.05, 4.69) is 5.32 Å². The van der Waals surface area contributed by atoms with Gasteiger partial charge in [-0.2, -0.15) is 0 Å². The van der Waals surface area contributed by atoms with Crippen molar-refractivity contribution in [3.63, 3.8) is 0 Å². The maximum Gasteiger partial charge on any atom is 0.341 e. The molecule has 126 valence electrons. The van der Waals surface area contributed by atoms with Crippen LogP contribution in [0.5, 0.6) is 0 Å². The molecule has 24 heavy (non-hydrogen) atoms. The number of carbonyl (C=O) groups is 2. The second-order valence-corrected chi connectivity index (χ2v) is 5.59. The van der Waals surface area contributed by atoms with E-state index in [1.165, 1.54) is 13.0 Å². The molecule has 5 nitrogen and oxygen atoms in total. The van der Waals surface area contributed by atoms with Gasteiger partial charge in [0.25, 0.3) is 5.91 Å². The highest BCUT2D eigenvalue weighted by molar-refractivity contribution is 6.31. The van der Waals surface area contributed by atoms with Crippen LogP contribution < -0.4 is 11.1 Å². The zero-order valence-electron chi connectivity index (χ0n) is 13.1. The number of esters is 1. The van der Waals surface area contributed by atoms with Crippen LogP contribution in [0.15, 0.2) is 36.4 Å². The van der Waals surface area contributed by atoms with Gasteiger partial charge in [0.15, 0.2) is 6.10 Å². The maximum atomic E-state index is 13.0.